The summed E-state index contributed by atoms with van der Waals surface area (Å²) in [5.74, 6) is 0. The van der Waals surface area contributed by atoms with E-state index in [1.54, 1.807) is 0 Å². The molecular weight excluding hydrogens is 208 g/mol. The molecule has 0 aliphatic heterocycles. The molecule has 0 spiro atoms. The molecule has 1 heteroatoms. The van der Waals surface area contributed by atoms with Crippen molar-refractivity contribution in [2.24, 2.45) is 0 Å². The quantitative estimate of drug-likeness (QED) is 0.833. The number of rotatable bonds is 3. The summed E-state index contributed by atoms with van der Waals surface area (Å²) < 4.78 is 0. The third-order valence-electron chi connectivity index (χ3n) is 3.97. The van der Waals surface area contributed by atoms with Crippen LogP contribution in [-0.4, -0.2) is 10.7 Å². The van der Waals surface area contributed by atoms with Crippen LogP contribution in [0.2, 0.25) is 0 Å². The summed E-state index contributed by atoms with van der Waals surface area (Å²) >= 11 is 0. The van der Waals surface area contributed by atoms with E-state index in [2.05, 4.69) is 30.3 Å². The minimum atomic E-state index is -0.576. The van der Waals surface area contributed by atoms with E-state index in [1.807, 2.05) is 13.8 Å². The van der Waals surface area contributed by atoms with Crippen molar-refractivity contribution in [1.82, 2.24) is 0 Å². The van der Waals surface area contributed by atoms with Crippen LogP contribution < -0.4 is 0 Å². The van der Waals surface area contributed by atoms with Gasteiger partial charge in [0.15, 0.2) is 0 Å². The van der Waals surface area contributed by atoms with E-state index < -0.39 is 5.60 Å². The molecule has 17 heavy (non-hydrogen) atoms. The predicted molar refractivity (Wildman–Crippen MR) is 72.1 cm³/mol. The molecule has 1 N–H and O–H groups in total. The fourth-order valence-corrected chi connectivity index (χ4v) is 3.42. The van der Waals surface area contributed by atoms with Gasteiger partial charge in [0.25, 0.3) is 0 Å². The van der Waals surface area contributed by atoms with Gasteiger partial charge in [0.1, 0.15) is 0 Å². The van der Waals surface area contributed by atoms with Gasteiger partial charge in [-0.05, 0) is 44.1 Å². The van der Waals surface area contributed by atoms with Gasteiger partial charge in [-0.2, -0.15) is 0 Å². The lowest BCUT2D eigenvalue weighted by atomic mass is 9.64. The summed E-state index contributed by atoms with van der Waals surface area (Å²) in [4.78, 5) is 0. The SMILES string of the molecule is CC(C)(O)CC1(c2ccccc2)CCCCC1. The highest BCUT2D eigenvalue weighted by molar-refractivity contribution is 5.26. The van der Waals surface area contributed by atoms with Crippen molar-refractivity contribution in [3.05, 3.63) is 35.9 Å². The van der Waals surface area contributed by atoms with Crippen molar-refractivity contribution in [3.8, 4) is 0 Å². The average molecular weight is 232 g/mol. The summed E-state index contributed by atoms with van der Waals surface area (Å²) in [7, 11) is 0. The first-order valence-electron chi connectivity index (χ1n) is 6.80. The molecule has 94 valence electrons. The molecule has 0 amide bonds. The molecule has 0 heterocycles. The number of aliphatic hydroxyl groups is 1. The first kappa shape index (κ1) is 12.6. The third kappa shape index (κ3) is 3.10. The Morgan fingerprint density at radius 3 is 2.18 bits per heavy atom. The topological polar surface area (TPSA) is 20.2 Å². The maximum Gasteiger partial charge on any atom is 0.0600 e. The van der Waals surface area contributed by atoms with Crippen molar-refractivity contribution < 1.29 is 5.11 Å². The molecule has 0 atom stereocenters. The Balaban J connectivity index is 2.30. The highest BCUT2D eigenvalue weighted by atomic mass is 16.3. The van der Waals surface area contributed by atoms with E-state index in [0.29, 0.717) is 0 Å². The first-order chi connectivity index (χ1) is 8.02. The number of hydrogen-bond donors (Lipinski definition) is 1. The van der Waals surface area contributed by atoms with Crippen molar-refractivity contribution in [3.63, 3.8) is 0 Å². The minimum Gasteiger partial charge on any atom is -0.390 e. The summed E-state index contributed by atoms with van der Waals surface area (Å²) in [6.45, 7) is 3.87. The summed E-state index contributed by atoms with van der Waals surface area (Å²) in [5.41, 5.74) is 1.05. The fraction of sp³-hybridized carbons (Fsp3) is 0.625. The lowest BCUT2D eigenvalue weighted by molar-refractivity contribution is 0.0338. The molecule has 0 aromatic heterocycles. The molecule has 1 nitrogen and oxygen atoms in total. The average Bonchev–Trinajstić information content (AvgIpc) is 2.29. The Labute approximate surface area is 105 Å². The smallest absolute Gasteiger partial charge is 0.0600 e. The standard InChI is InChI=1S/C16H24O/c1-15(2,17)13-16(11-7-4-8-12-16)14-9-5-3-6-10-14/h3,5-6,9-10,17H,4,7-8,11-13H2,1-2H3. The largest absolute Gasteiger partial charge is 0.390 e. The van der Waals surface area contributed by atoms with Crippen molar-refractivity contribution >= 4 is 0 Å². The fourth-order valence-electron chi connectivity index (χ4n) is 3.42. The molecule has 1 fully saturated rings. The van der Waals surface area contributed by atoms with Crippen LogP contribution in [0.1, 0.15) is 57.9 Å². The monoisotopic (exact) mass is 232 g/mol. The number of benzene rings is 1. The van der Waals surface area contributed by atoms with E-state index >= 15 is 0 Å². The second-order valence-corrected chi connectivity index (χ2v) is 6.20. The predicted octanol–water partition coefficient (Wildman–Crippen LogP) is 4.05. The van der Waals surface area contributed by atoms with E-state index in [1.165, 1.54) is 37.7 Å². The van der Waals surface area contributed by atoms with Gasteiger partial charge in [0.2, 0.25) is 0 Å². The van der Waals surface area contributed by atoms with Crippen molar-refractivity contribution in [2.45, 2.75) is 63.4 Å². The highest BCUT2D eigenvalue weighted by Gasteiger charge is 2.37. The molecule has 1 aliphatic rings. The van der Waals surface area contributed by atoms with Gasteiger partial charge in [-0.25, -0.2) is 0 Å². The second kappa shape index (κ2) is 4.81. The lowest BCUT2D eigenvalue weighted by Crippen LogP contribution is -2.37. The zero-order valence-electron chi connectivity index (χ0n) is 11.1. The molecule has 2 rings (SSSR count). The summed E-state index contributed by atoms with van der Waals surface area (Å²) in [5, 5.41) is 10.2. The molecule has 0 bridgehead atoms. The molecule has 1 aromatic carbocycles. The van der Waals surface area contributed by atoms with Crippen molar-refractivity contribution in [1.29, 1.82) is 0 Å². The van der Waals surface area contributed by atoms with Crippen LogP contribution in [0.4, 0.5) is 0 Å². The summed E-state index contributed by atoms with van der Waals surface area (Å²) in [6.07, 6.45) is 7.27. The Kier molecular flexibility index (Phi) is 3.58. The van der Waals surface area contributed by atoms with E-state index in [0.717, 1.165) is 6.42 Å². The highest BCUT2D eigenvalue weighted by Crippen LogP contribution is 2.44. The molecule has 0 radical (unpaired) electrons. The van der Waals surface area contributed by atoms with E-state index in [-0.39, 0.29) is 5.41 Å². The summed E-state index contributed by atoms with van der Waals surface area (Å²) in [6, 6.07) is 10.8. The molecule has 1 aliphatic carbocycles. The Morgan fingerprint density at radius 2 is 1.65 bits per heavy atom. The van der Waals surface area contributed by atoms with Crippen LogP contribution in [0.5, 0.6) is 0 Å². The van der Waals surface area contributed by atoms with E-state index in [4.69, 9.17) is 0 Å². The first-order valence-corrected chi connectivity index (χ1v) is 6.80. The van der Waals surface area contributed by atoms with Crippen molar-refractivity contribution in [2.75, 3.05) is 0 Å². The number of hydrogen-bond acceptors (Lipinski definition) is 1. The molecule has 1 aromatic rings. The Hall–Kier alpha value is -0.820. The third-order valence-corrected chi connectivity index (χ3v) is 3.97. The molecule has 1 saturated carbocycles. The van der Waals surface area contributed by atoms with Gasteiger partial charge >= 0.3 is 0 Å². The maximum atomic E-state index is 10.2. The second-order valence-electron chi connectivity index (χ2n) is 6.20. The lowest BCUT2D eigenvalue weighted by Gasteiger charge is -2.41. The van der Waals surface area contributed by atoms with Crippen LogP contribution in [-0.2, 0) is 5.41 Å². The van der Waals surface area contributed by atoms with Gasteiger partial charge in [-0.3, -0.25) is 0 Å². The van der Waals surface area contributed by atoms with Gasteiger partial charge in [0.05, 0.1) is 5.60 Å². The molecule has 0 unspecified atom stereocenters. The Bertz CT molecular complexity index is 342. The van der Waals surface area contributed by atoms with Crippen LogP contribution in [0.25, 0.3) is 0 Å². The zero-order valence-corrected chi connectivity index (χ0v) is 11.1. The molecular formula is C16H24O. The van der Waals surface area contributed by atoms with Gasteiger partial charge in [-0.1, -0.05) is 49.6 Å². The van der Waals surface area contributed by atoms with Gasteiger partial charge in [-0.15, -0.1) is 0 Å². The van der Waals surface area contributed by atoms with Crippen LogP contribution >= 0.6 is 0 Å². The minimum absolute atomic E-state index is 0.206. The van der Waals surface area contributed by atoms with Gasteiger partial charge in [0, 0.05) is 0 Å². The van der Waals surface area contributed by atoms with Crippen LogP contribution in [0.3, 0.4) is 0 Å². The zero-order chi connectivity index (χ0) is 12.4. The maximum absolute atomic E-state index is 10.2. The molecule has 0 saturated heterocycles. The normalized spacial score (nSPS) is 20.2. The Morgan fingerprint density at radius 1 is 1.06 bits per heavy atom. The van der Waals surface area contributed by atoms with E-state index in [9.17, 15) is 5.11 Å². The van der Waals surface area contributed by atoms with Crippen LogP contribution in [0, 0.1) is 0 Å². The van der Waals surface area contributed by atoms with Gasteiger partial charge < -0.3 is 5.11 Å². The van der Waals surface area contributed by atoms with Crippen LogP contribution in [0.15, 0.2) is 30.3 Å².